The fraction of sp³-hybridized carbons (Fsp3) is 0.833. The maximum absolute atomic E-state index is 5.68. The first-order valence-electron chi connectivity index (χ1n) is 6.13. The molecule has 0 unspecified atom stereocenters. The first-order chi connectivity index (χ1) is 7.95. The molecule has 0 spiro atoms. The van der Waals surface area contributed by atoms with Crippen LogP contribution in [0.4, 0.5) is 5.13 Å². The summed E-state index contributed by atoms with van der Waals surface area (Å²) in [6.45, 7) is 6.36. The highest BCUT2D eigenvalue weighted by molar-refractivity contribution is 7.09. The molecule has 0 bridgehead atoms. The summed E-state index contributed by atoms with van der Waals surface area (Å²) < 4.78 is 10.2. The van der Waals surface area contributed by atoms with Crippen LogP contribution in [0.2, 0.25) is 0 Å². The molecule has 1 saturated carbocycles. The van der Waals surface area contributed by atoms with Gasteiger partial charge < -0.3 is 10.1 Å². The van der Waals surface area contributed by atoms with E-state index < -0.39 is 0 Å². The molecule has 5 heteroatoms. The maximum Gasteiger partial charge on any atom is 0.203 e. The summed E-state index contributed by atoms with van der Waals surface area (Å²) in [7, 11) is 1.77. The van der Waals surface area contributed by atoms with Crippen molar-refractivity contribution in [3.63, 3.8) is 0 Å². The van der Waals surface area contributed by atoms with Crippen molar-refractivity contribution < 1.29 is 4.74 Å². The van der Waals surface area contributed by atoms with Crippen molar-refractivity contribution in [3.05, 3.63) is 5.82 Å². The maximum atomic E-state index is 5.68. The summed E-state index contributed by atoms with van der Waals surface area (Å²) in [5, 5.41) is 4.24. The van der Waals surface area contributed by atoms with E-state index in [4.69, 9.17) is 4.74 Å². The van der Waals surface area contributed by atoms with Gasteiger partial charge in [0, 0.05) is 24.2 Å². The van der Waals surface area contributed by atoms with Gasteiger partial charge in [0.1, 0.15) is 5.60 Å². The van der Waals surface area contributed by atoms with Crippen molar-refractivity contribution >= 4 is 16.7 Å². The van der Waals surface area contributed by atoms with Gasteiger partial charge in [-0.3, -0.25) is 0 Å². The number of ether oxygens (including phenoxy) is 1. The Morgan fingerprint density at radius 3 is 2.47 bits per heavy atom. The predicted molar refractivity (Wildman–Crippen MR) is 70.4 cm³/mol. The molecular weight excluding hydrogens is 234 g/mol. The number of rotatable bonds is 3. The Labute approximate surface area is 107 Å². The van der Waals surface area contributed by atoms with E-state index in [2.05, 4.69) is 35.4 Å². The monoisotopic (exact) mass is 255 g/mol. The zero-order valence-corrected chi connectivity index (χ0v) is 11.9. The molecule has 0 saturated heterocycles. The Kier molecular flexibility index (Phi) is 3.41. The number of hydrogen-bond acceptors (Lipinski definition) is 5. The molecule has 1 aromatic rings. The van der Waals surface area contributed by atoms with Gasteiger partial charge in [-0.2, -0.15) is 4.37 Å². The smallest absolute Gasteiger partial charge is 0.203 e. The largest absolute Gasteiger partial charge is 0.370 e. The van der Waals surface area contributed by atoms with Gasteiger partial charge in [-0.15, -0.1) is 0 Å². The SMILES string of the molecule is COC1(c2nsc(NC(C)(C)C)n2)CCCC1. The third-order valence-corrected chi connectivity index (χ3v) is 3.75. The highest BCUT2D eigenvalue weighted by Gasteiger charge is 2.39. The lowest BCUT2D eigenvalue weighted by molar-refractivity contribution is -0.0152. The molecule has 2 rings (SSSR count). The molecule has 1 aliphatic carbocycles. The van der Waals surface area contributed by atoms with Gasteiger partial charge in [0.15, 0.2) is 5.82 Å². The van der Waals surface area contributed by atoms with Crippen LogP contribution < -0.4 is 5.32 Å². The van der Waals surface area contributed by atoms with Gasteiger partial charge in [0.05, 0.1) is 0 Å². The van der Waals surface area contributed by atoms with Gasteiger partial charge in [0.2, 0.25) is 5.13 Å². The summed E-state index contributed by atoms with van der Waals surface area (Å²) in [5.74, 6) is 0.856. The molecule has 0 aromatic carbocycles. The molecule has 0 radical (unpaired) electrons. The van der Waals surface area contributed by atoms with Crippen molar-refractivity contribution in [2.75, 3.05) is 12.4 Å². The average molecular weight is 255 g/mol. The van der Waals surface area contributed by atoms with Crippen LogP contribution in [0.15, 0.2) is 0 Å². The lowest BCUT2D eigenvalue weighted by Crippen LogP contribution is -2.27. The number of nitrogens with zero attached hydrogens (tertiary/aromatic N) is 2. The van der Waals surface area contributed by atoms with E-state index in [1.54, 1.807) is 7.11 Å². The molecule has 96 valence electrons. The molecule has 4 nitrogen and oxygen atoms in total. The highest BCUT2D eigenvalue weighted by Crippen LogP contribution is 2.41. The van der Waals surface area contributed by atoms with Gasteiger partial charge in [0.25, 0.3) is 0 Å². The van der Waals surface area contributed by atoms with Crippen molar-refractivity contribution in [1.29, 1.82) is 0 Å². The number of anilines is 1. The van der Waals surface area contributed by atoms with Crippen molar-refractivity contribution in [3.8, 4) is 0 Å². The Morgan fingerprint density at radius 2 is 1.94 bits per heavy atom. The van der Waals surface area contributed by atoms with Crippen LogP contribution in [0.5, 0.6) is 0 Å². The summed E-state index contributed by atoms with van der Waals surface area (Å²) >= 11 is 1.42. The minimum absolute atomic E-state index is 0.0206. The quantitative estimate of drug-likeness (QED) is 0.901. The van der Waals surface area contributed by atoms with Crippen LogP contribution in [-0.2, 0) is 10.3 Å². The molecule has 1 N–H and O–H groups in total. The van der Waals surface area contributed by atoms with E-state index in [9.17, 15) is 0 Å². The molecule has 0 aliphatic heterocycles. The fourth-order valence-corrected chi connectivity index (χ4v) is 3.10. The van der Waals surface area contributed by atoms with Crippen LogP contribution in [0.25, 0.3) is 0 Å². The van der Waals surface area contributed by atoms with Crippen molar-refractivity contribution in [2.24, 2.45) is 0 Å². The van der Waals surface area contributed by atoms with Gasteiger partial charge in [-0.1, -0.05) is 0 Å². The molecule has 0 atom stereocenters. The molecule has 1 heterocycles. The second kappa shape index (κ2) is 4.53. The van der Waals surface area contributed by atoms with E-state index in [1.807, 2.05) is 0 Å². The van der Waals surface area contributed by atoms with Crippen LogP contribution in [-0.4, -0.2) is 22.0 Å². The number of aromatic nitrogens is 2. The zero-order valence-electron chi connectivity index (χ0n) is 11.0. The Hall–Kier alpha value is -0.680. The van der Waals surface area contributed by atoms with Crippen LogP contribution >= 0.6 is 11.5 Å². The molecule has 0 amide bonds. The van der Waals surface area contributed by atoms with E-state index >= 15 is 0 Å². The summed E-state index contributed by atoms with van der Waals surface area (Å²) in [6.07, 6.45) is 4.48. The first kappa shape index (κ1) is 12.8. The topological polar surface area (TPSA) is 47.0 Å². The minimum atomic E-state index is -0.228. The van der Waals surface area contributed by atoms with Crippen molar-refractivity contribution in [1.82, 2.24) is 9.36 Å². The van der Waals surface area contributed by atoms with E-state index in [0.29, 0.717) is 0 Å². The standard InChI is InChI=1S/C12H21N3OS/c1-11(2,3)14-10-13-9(15-17-10)12(16-4)7-5-6-8-12/h5-8H2,1-4H3,(H,13,14,15). The molecule has 17 heavy (non-hydrogen) atoms. The highest BCUT2D eigenvalue weighted by atomic mass is 32.1. The van der Waals surface area contributed by atoms with Crippen molar-refractivity contribution in [2.45, 2.75) is 57.6 Å². The van der Waals surface area contributed by atoms with E-state index in [-0.39, 0.29) is 11.1 Å². The lowest BCUT2D eigenvalue weighted by Gasteiger charge is -2.23. The predicted octanol–water partition coefficient (Wildman–Crippen LogP) is 3.16. The second-order valence-corrected chi connectivity index (χ2v) is 6.46. The molecular formula is C12H21N3OS. The normalized spacial score (nSPS) is 19.5. The average Bonchev–Trinajstić information content (AvgIpc) is 2.83. The zero-order chi connectivity index (χ0) is 12.5. The number of hydrogen-bond donors (Lipinski definition) is 1. The summed E-state index contributed by atoms with van der Waals surface area (Å²) in [6, 6.07) is 0. The third-order valence-electron chi connectivity index (χ3n) is 3.12. The fourth-order valence-electron chi connectivity index (χ4n) is 2.25. The number of nitrogens with one attached hydrogen (secondary N) is 1. The molecule has 1 fully saturated rings. The van der Waals surface area contributed by atoms with Crippen LogP contribution in [0, 0.1) is 0 Å². The van der Waals surface area contributed by atoms with Gasteiger partial charge in [-0.25, -0.2) is 4.98 Å². The van der Waals surface area contributed by atoms with Crippen LogP contribution in [0.3, 0.4) is 0 Å². The Morgan fingerprint density at radius 1 is 1.29 bits per heavy atom. The summed E-state index contributed by atoms with van der Waals surface area (Å²) in [4.78, 5) is 4.59. The molecule has 1 aliphatic rings. The molecule has 1 aromatic heterocycles. The number of methoxy groups -OCH3 is 1. The first-order valence-corrected chi connectivity index (χ1v) is 6.90. The van der Waals surface area contributed by atoms with Gasteiger partial charge in [-0.05, 0) is 46.5 Å². The minimum Gasteiger partial charge on any atom is -0.370 e. The summed E-state index contributed by atoms with van der Waals surface area (Å²) in [5.41, 5.74) is -0.207. The van der Waals surface area contributed by atoms with Gasteiger partial charge >= 0.3 is 0 Å². The van der Waals surface area contributed by atoms with Crippen LogP contribution in [0.1, 0.15) is 52.3 Å². The van der Waals surface area contributed by atoms with E-state index in [0.717, 1.165) is 23.8 Å². The van der Waals surface area contributed by atoms with E-state index in [1.165, 1.54) is 24.4 Å². The Balaban J connectivity index is 2.17. The Bertz CT molecular complexity index is 377. The second-order valence-electron chi connectivity index (χ2n) is 5.70. The lowest BCUT2D eigenvalue weighted by atomic mass is 10.0. The third kappa shape index (κ3) is 2.77.